The van der Waals surface area contributed by atoms with Gasteiger partial charge >= 0.3 is 0 Å². The van der Waals surface area contributed by atoms with Crippen LogP contribution in [0.5, 0.6) is 5.75 Å². The highest BCUT2D eigenvalue weighted by Crippen LogP contribution is 2.44. The second-order valence-electron chi connectivity index (χ2n) is 7.42. The summed E-state index contributed by atoms with van der Waals surface area (Å²) in [4.78, 5) is 14.1. The number of rotatable bonds is 2. The third-order valence-electron chi connectivity index (χ3n) is 5.75. The third-order valence-corrected chi connectivity index (χ3v) is 5.75. The summed E-state index contributed by atoms with van der Waals surface area (Å²) in [5.41, 5.74) is 5.84. The monoisotopic (exact) mass is 380 g/mol. The molecule has 0 aromatic heterocycles. The van der Waals surface area contributed by atoms with Crippen molar-refractivity contribution in [3.63, 3.8) is 0 Å². The average molecular weight is 380 g/mol. The SMILES string of the molecule is CC1C(=O)NN=C2COc3cc(-c4ccccc4F)c(C4CCNC4)cc3N21. The Balaban J connectivity index is 1.70. The Morgan fingerprint density at radius 3 is 2.89 bits per heavy atom. The molecule has 0 bridgehead atoms. The fourth-order valence-electron chi connectivity index (χ4n) is 4.26. The molecule has 0 saturated carbocycles. The number of nitrogens with one attached hydrogen (secondary N) is 2. The molecule has 3 aliphatic heterocycles. The number of hydrogen-bond donors (Lipinski definition) is 2. The Morgan fingerprint density at radius 2 is 2.11 bits per heavy atom. The zero-order chi connectivity index (χ0) is 19.3. The van der Waals surface area contributed by atoms with E-state index in [0.29, 0.717) is 17.1 Å². The van der Waals surface area contributed by atoms with Gasteiger partial charge in [-0.05, 0) is 55.1 Å². The summed E-state index contributed by atoms with van der Waals surface area (Å²) in [6, 6.07) is 10.4. The Bertz CT molecular complexity index is 984. The van der Waals surface area contributed by atoms with E-state index in [9.17, 15) is 9.18 Å². The van der Waals surface area contributed by atoms with E-state index in [1.165, 1.54) is 6.07 Å². The first-order chi connectivity index (χ1) is 13.6. The molecule has 7 heteroatoms. The molecule has 2 aromatic carbocycles. The average Bonchev–Trinajstić information content (AvgIpc) is 3.24. The Hall–Kier alpha value is -2.93. The Morgan fingerprint density at radius 1 is 1.25 bits per heavy atom. The number of amidine groups is 1. The first kappa shape index (κ1) is 17.2. The number of nitrogens with zero attached hydrogens (tertiary/aromatic N) is 2. The number of benzene rings is 2. The molecule has 0 aliphatic carbocycles. The first-order valence-corrected chi connectivity index (χ1v) is 9.55. The number of hydrazone groups is 1. The molecule has 5 rings (SSSR count). The zero-order valence-electron chi connectivity index (χ0n) is 15.5. The largest absolute Gasteiger partial charge is 0.483 e. The molecule has 6 nitrogen and oxygen atoms in total. The van der Waals surface area contributed by atoms with Crippen molar-refractivity contribution in [1.29, 1.82) is 0 Å². The summed E-state index contributed by atoms with van der Waals surface area (Å²) in [5, 5.41) is 7.54. The summed E-state index contributed by atoms with van der Waals surface area (Å²) in [6.07, 6.45) is 0.984. The van der Waals surface area contributed by atoms with Gasteiger partial charge in [-0.25, -0.2) is 9.82 Å². The van der Waals surface area contributed by atoms with Gasteiger partial charge in [0.2, 0.25) is 0 Å². The van der Waals surface area contributed by atoms with Crippen LogP contribution in [0.4, 0.5) is 10.1 Å². The van der Waals surface area contributed by atoms with E-state index in [4.69, 9.17) is 4.74 Å². The van der Waals surface area contributed by atoms with E-state index in [0.717, 1.165) is 36.3 Å². The van der Waals surface area contributed by atoms with E-state index in [1.807, 2.05) is 24.0 Å². The number of amides is 1. The minimum atomic E-state index is -0.385. The molecule has 2 N–H and O–H groups in total. The third kappa shape index (κ3) is 2.65. The Labute approximate surface area is 162 Å². The van der Waals surface area contributed by atoms with E-state index >= 15 is 0 Å². The molecule has 2 atom stereocenters. The van der Waals surface area contributed by atoms with Crippen LogP contribution in [-0.4, -0.2) is 37.5 Å². The number of fused-ring (bicyclic) bond motifs is 3. The fraction of sp³-hybridized carbons (Fsp3) is 0.333. The standard InChI is InChI=1S/C21H21FN4O2/c1-12-21(27)25-24-20-11-28-19-9-16(14-4-2-3-5-17(14)22)15(8-18(19)26(12)20)13-6-7-23-10-13/h2-5,8-9,12-13,23H,6-7,10-11H2,1H3,(H,25,27). The molecule has 2 unspecified atom stereocenters. The van der Waals surface area contributed by atoms with Crippen LogP contribution in [-0.2, 0) is 4.79 Å². The van der Waals surface area contributed by atoms with Gasteiger partial charge in [0.15, 0.2) is 5.84 Å². The highest BCUT2D eigenvalue weighted by molar-refractivity contribution is 6.09. The van der Waals surface area contributed by atoms with Crippen molar-refractivity contribution in [3.05, 3.63) is 47.8 Å². The molecule has 3 heterocycles. The van der Waals surface area contributed by atoms with Gasteiger partial charge in [-0.1, -0.05) is 18.2 Å². The summed E-state index contributed by atoms with van der Waals surface area (Å²) in [6.45, 7) is 3.89. The molecule has 144 valence electrons. The molecule has 28 heavy (non-hydrogen) atoms. The van der Waals surface area contributed by atoms with Gasteiger partial charge in [0.1, 0.15) is 24.2 Å². The van der Waals surface area contributed by atoms with Crippen molar-refractivity contribution < 1.29 is 13.9 Å². The molecule has 3 aliphatic rings. The number of anilines is 1. The number of halogens is 1. The van der Waals surface area contributed by atoms with E-state index < -0.39 is 0 Å². The lowest BCUT2D eigenvalue weighted by Crippen LogP contribution is -2.55. The van der Waals surface area contributed by atoms with Crippen LogP contribution in [0.3, 0.4) is 0 Å². The predicted molar refractivity (Wildman–Crippen MR) is 105 cm³/mol. The van der Waals surface area contributed by atoms with Gasteiger partial charge in [0.25, 0.3) is 5.91 Å². The summed E-state index contributed by atoms with van der Waals surface area (Å²) in [7, 11) is 0. The second kappa shape index (κ2) is 6.60. The predicted octanol–water partition coefficient (Wildman–Crippen LogP) is 2.60. The van der Waals surface area contributed by atoms with Crippen LogP contribution >= 0.6 is 0 Å². The lowest BCUT2D eigenvalue weighted by Gasteiger charge is -2.38. The second-order valence-corrected chi connectivity index (χ2v) is 7.42. The lowest BCUT2D eigenvalue weighted by atomic mass is 9.88. The minimum Gasteiger partial charge on any atom is -0.483 e. The van der Waals surface area contributed by atoms with E-state index in [2.05, 4.69) is 21.9 Å². The summed E-state index contributed by atoms with van der Waals surface area (Å²) in [5.74, 6) is 1.19. The molecule has 0 spiro atoms. The van der Waals surface area contributed by atoms with Crippen LogP contribution in [0, 0.1) is 5.82 Å². The molecule has 1 saturated heterocycles. The number of carbonyl (C=O) groups is 1. The quantitative estimate of drug-likeness (QED) is 0.841. The number of carbonyl (C=O) groups excluding carboxylic acids is 1. The van der Waals surface area contributed by atoms with Crippen LogP contribution in [0.1, 0.15) is 24.8 Å². The molecule has 1 fully saturated rings. The summed E-state index contributed by atoms with van der Waals surface area (Å²) >= 11 is 0. The molecule has 0 radical (unpaired) electrons. The number of ether oxygens (including phenoxy) is 1. The van der Waals surface area contributed by atoms with Crippen molar-refractivity contribution >= 4 is 17.4 Å². The zero-order valence-corrected chi connectivity index (χ0v) is 15.5. The van der Waals surface area contributed by atoms with Crippen molar-refractivity contribution in [3.8, 4) is 16.9 Å². The van der Waals surface area contributed by atoms with Gasteiger partial charge in [-0.3, -0.25) is 4.79 Å². The van der Waals surface area contributed by atoms with Gasteiger partial charge in [-0.2, -0.15) is 5.10 Å². The van der Waals surface area contributed by atoms with Gasteiger partial charge in [0.05, 0.1) is 5.69 Å². The first-order valence-electron chi connectivity index (χ1n) is 9.55. The molecule has 2 aromatic rings. The normalized spacial score (nSPS) is 23.4. The van der Waals surface area contributed by atoms with Gasteiger partial charge in [0, 0.05) is 12.1 Å². The van der Waals surface area contributed by atoms with E-state index in [1.54, 1.807) is 12.1 Å². The fourth-order valence-corrected chi connectivity index (χ4v) is 4.26. The van der Waals surface area contributed by atoms with Crippen molar-refractivity contribution in [2.75, 3.05) is 24.6 Å². The van der Waals surface area contributed by atoms with Crippen LogP contribution in [0.2, 0.25) is 0 Å². The topological polar surface area (TPSA) is 66.0 Å². The van der Waals surface area contributed by atoms with Gasteiger partial charge < -0.3 is 15.0 Å². The smallest absolute Gasteiger partial charge is 0.262 e. The Kier molecular flexibility index (Phi) is 4.05. The van der Waals surface area contributed by atoms with Crippen LogP contribution < -0.4 is 20.4 Å². The van der Waals surface area contributed by atoms with Crippen LogP contribution in [0.15, 0.2) is 41.5 Å². The van der Waals surface area contributed by atoms with Crippen molar-refractivity contribution in [2.24, 2.45) is 5.10 Å². The highest BCUT2D eigenvalue weighted by atomic mass is 19.1. The van der Waals surface area contributed by atoms with Crippen molar-refractivity contribution in [2.45, 2.75) is 25.3 Å². The van der Waals surface area contributed by atoms with E-state index in [-0.39, 0.29) is 30.3 Å². The number of hydrogen-bond acceptors (Lipinski definition) is 5. The summed E-state index contributed by atoms with van der Waals surface area (Å²) < 4.78 is 20.6. The minimum absolute atomic E-state index is 0.154. The van der Waals surface area contributed by atoms with Crippen molar-refractivity contribution in [1.82, 2.24) is 10.7 Å². The van der Waals surface area contributed by atoms with Gasteiger partial charge in [-0.15, -0.1) is 0 Å². The molecule has 1 amide bonds. The maximum Gasteiger partial charge on any atom is 0.262 e. The van der Waals surface area contributed by atoms with Crippen LogP contribution in [0.25, 0.3) is 11.1 Å². The maximum atomic E-state index is 14.6. The highest BCUT2D eigenvalue weighted by Gasteiger charge is 2.36. The molecular weight excluding hydrogens is 359 g/mol. The molecular formula is C21H21FN4O2. The lowest BCUT2D eigenvalue weighted by molar-refractivity contribution is -0.122. The maximum absolute atomic E-state index is 14.6.